The molecule has 1 atom stereocenters. The molecular weight excluding hydrogens is 354 g/mol. The highest BCUT2D eigenvalue weighted by atomic mass is 32.2. The van der Waals surface area contributed by atoms with Crippen LogP contribution in [0.3, 0.4) is 0 Å². The van der Waals surface area contributed by atoms with Crippen LogP contribution in [0.25, 0.3) is 5.69 Å². The number of hydrogen-bond donors (Lipinski definition) is 2. The summed E-state index contributed by atoms with van der Waals surface area (Å²) in [5.74, 6) is -0.174. The number of benzene rings is 1. The first kappa shape index (κ1) is 16.4. The molecule has 1 amide bonds. The predicted molar refractivity (Wildman–Crippen MR) is 96.7 cm³/mol. The number of rotatable bonds is 3. The van der Waals surface area contributed by atoms with Gasteiger partial charge in [0.05, 0.1) is 34.6 Å². The highest BCUT2D eigenvalue weighted by Crippen LogP contribution is 2.41. The molecule has 0 fully saturated rings. The standard InChI is InChI=1S/C17H15N5O3S/c1-21-8-11(6-18-21)15-13-7-19-22(16(13)20-14(23)9-26-15)12-4-2-10(3-5-12)17(24)25/h2-8,15H,9H2,1H3,(H,20,23)(H,24,25)/t15-/m0/s1. The van der Waals surface area contributed by atoms with E-state index in [4.69, 9.17) is 5.11 Å². The van der Waals surface area contributed by atoms with Crippen LogP contribution in [0.1, 0.15) is 26.7 Å². The van der Waals surface area contributed by atoms with Crippen LogP contribution in [0, 0.1) is 0 Å². The van der Waals surface area contributed by atoms with Gasteiger partial charge in [-0.1, -0.05) is 0 Å². The smallest absolute Gasteiger partial charge is 0.335 e. The van der Waals surface area contributed by atoms with Crippen LogP contribution in [0.15, 0.2) is 42.9 Å². The predicted octanol–water partition coefficient (Wildman–Crippen LogP) is 2.08. The lowest BCUT2D eigenvalue weighted by Gasteiger charge is -2.12. The van der Waals surface area contributed by atoms with Gasteiger partial charge in [0.2, 0.25) is 5.91 Å². The SMILES string of the molecule is Cn1cc([C@@H]2SCC(=O)Nc3c2cnn3-c2ccc(C(=O)O)cc2)cn1. The summed E-state index contributed by atoms with van der Waals surface area (Å²) in [6, 6.07) is 6.36. The summed E-state index contributed by atoms with van der Waals surface area (Å²) in [6.45, 7) is 0. The highest BCUT2D eigenvalue weighted by molar-refractivity contribution is 8.00. The van der Waals surface area contributed by atoms with Crippen molar-refractivity contribution in [2.24, 2.45) is 7.05 Å². The molecule has 4 rings (SSSR count). The molecule has 9 heteroatoms. The van der Waals surface area contributed by atoms with Gasteiger partial charge >= 0.3 is 5.97 Å². The van der Waals surface area contributed by atoms with E-state index < -0.39 is 5.97 Å². The lowest BCUT2D eigenvalue weighted by Crippen LogP contribution is -2.15. The quantitative estimate of drug-likeness (QED) is 0.733. The average Bonchev–Trinajstić information content (AvgIpc) is 3.19. The van der Waals surface area contributed by atoms with Gasteiger partial charge in [-0.2, -0.15) is 10.2 Å². The number of carboxylic acids is 1. The lowest BCUT2D eigenvalue weighted by molar-refractivity contribution is -0.113. The summed E-state index contributed by atoms with van der Waals surface area (Å²) in [4.78, 5) is 23.2. The van der Waals surface area contributed by atoms with Gasteiger partial charge in [0.25, 0.3) is 0 Å². The molecule has 2 N–H and O–H groups in total. The Morgan fingerprint density at radius 2 is 2.04 bits per heavy atom. The molecule has 0 spiro atoms. The highest BCUT2D eigenvalue weighted by Gasteiger charge is 2.28. The van der Waals surface area contributed by atoms with Crippen LogP contribution in [0.4, 0.5) is 5.82 Å². The Labute approximate surface area is 152 Å². The van der Waals surface area contributed by atoms with E-state index in [0.717, 1.165) is 11.1 Å². The first-order valence-corrected chi connectivity index (χ1v) is 8.89. The topological polar surface area (TPSA) is 102 Å². The number of carboxylic acid groups (broad SMARTS) is 1. The second kappa shape index (κ2) is 6.34. The normalized spacial score (nSPS) is 16.7. The molecule has 2 aromatic heterocycles. The van der Waals surface area contributed by atoms with Gasteiger partial charge in [-0.15, -0.1) is 11.8 Å². The van der Waals surface area contributed by atoms with Crippen molar-refractivity contribution in [2.75, 3.05) is 11.1 Å². The molecule has 26 heavy (non-hydrogen) atoms. The molecule has 0 saturated heterocycles. The number of aryl methyl sites for hydroxylation is 1. The largest absolute Gasteiger partial charge is 0.478 e. The Bertz CT molecular complexity index is 992. The molecule has 1 aliphatic heterocycles. The van der Waals surface area contributed by atoms with Crippen LogP contribution in [0.5, 0.6) is 0 Å². The molecule has 132 valence electrons. The van der Waals surface area contributed by atoms with Crippen molar-refractivity contribution in [3.63, 3.8) is 0 Å². The van der Waals surface area contributed by atoms with Crippen molar-refractivity contribution in [2.45, 2.75) is 5.25 Å². The first-order chi connectivity index (χ1) is 12.5. The number of nitrogens with zero attached hydrogens (tertiary/aromatic N) is 4. The average molecular weight is 369 g/mol. The van der Waals surface area contributed by atoms with E-state index in [0.29, 0.717) is 17.3 Å². The number of carbonyl (C=O) groups excluding carboxylic acids is 1. The second-order valence-electron chi connectivity index (χ2n) is 5.90. The van der Waals surface area contributed by atoms with Crippen molar-refractivity contribution in [3.05, 3.63) is 59.5 Å². The third-order valence-corrected chi connectivity index (χ3v) is 5.39. The summed E-state index contributed by atoms with van der Waals surface area (Å²) in [7, 11) is 1.85. The molecule has 1 aromatic carbocycles. The number of carbonyl (C=O) groups is 2. The van der Waals surface area contributed by atoms with Gasteiger partial charge in [-0.05, 0) is 24.3 Å². The van der Waals surface area contributed by atoms with Gasteiger partial charge in [0.15, 0.2) is 0 Å². The van der Waals surface area contributed by atoms with Gasteiger partial charge in [0.1, 0.15) is 5.82 Å². The third-order valence-electron chi connectivity index (χ3n) is 4.11. The van der Waals surface area contributed by atoms with E-state index >= 15 is 0 Å². The Hall–Kier alpha value is -3.07. The van der Waals surface area contributed by atoms with Crippen molar-refractivity contribution in [1.82, 2.24) is 19.6 Å². The van der Waals surface area contributed by atoms with E-state index in [-0.39, 0.29) is 16.7 Å². The summed E-state index contributed by atoms with van der Waals surface area (Å²) in [6.07, 6.45) is 5.45. The number of hydrogen-bond acceptors (Lipinski definition) is 5. The van der Waals surface area contributed by atoms with E-state index in [1.807, 2.05) is 13.2 Å². The van der Waals surface area contributed by atoms with Crippen LogP contribution in [0.2, 0.25) is 0 Å². The number of amides is 1. The minimum atomic E-state index is -0.989. The van der Waals surface area contributed by atoms with Crippen molar-refractivity contribution >= 4 is 29.5 Å². The second-order valence-corrected chi connectivity index (χ2v) is 6.99. The van der Waals surface area contributed by atoms with Gasteiger partial charge in [0, 0.05) is 24.4 Å². The fourth-order valence-electron chi connectivity index (χ4n) is 2.89. The van der Waals surface area contributed by atoms with Crippen molar-refractivity contribution in [3.8, 4) is 5.69 Å². The first-order valence-electron chi connectivity index (χ1n) is 7.84. The number of anilines is 1. The Morgan fingerprint density at radius 1 is 1.27 bits per heavy atom. The maximum Gasteiger partial charge on any atom is 0.335 e. The van der Waals surface area contributed by atoms with Crippen LogP contribution >= 0.6 is 11.8 Å². The fraction of sp³-hybridized carbons (Fsp3) is 0.176. The summed E-state index contributed by atoms with van der Waals surface area (Å²) in [5.41, 5.74) is 2.75. The lowest BCUT2D eigenvalue weighted by atomic mass is 10.1. The minimum Gasteiger partial charge on any atom is -0.478 e. The molecular formula is C17H15N5O3S. The molecule has 3 aromatic rings. The van der Waals surface area contributed by atoms with E-state index in [2.05, 4.69) is 15.5 Å². The molecule has 0 unspecified atom stereocenters. The number of nitrogens with one attached hydrogen (secondary N) is 1. The molecule has 0 bridgehead atoms. The zero-order valence-corrected chi connectivity index (χ0v) is 14.6. The van der Waals surface area contributed by atoms with Crippen molar-refractivity contribution in [1.29, 1.82) is 0 Å². The maximum atomic E-state index is 12.2. The zero-order chi connectivity index (χ0) is 18.3. The van der Waals surface area contributed by atoms with Gasteiger partial charge < -0.3 is 10.4 Å². The summed E-state index contributed by atoms with van der Waals surface area (Å²) >= 11 is 1.52. The molecule has 0 radical (unpaired) electrons. The number of fused-ring (bicyclic) bond motifs is 1. The zero-order valence-electron chi connectivity index (χ0n) is 13.8. The summed E-state index contributed by atoms with van der Waals surface area (Å²) < 4.78 is 3.35. The number of aromatic carboxylic acids is 1. The van der Waals surface area contributed by atoms with E-state index in [9.17, 15) is 9.59 Å². The van der Waals surface area contributed by atoms with Gasteiger partial charge in [-0.25, -0.2) is 9.48 Å². The summed E-state index contributed by atoms with van der Waals surface area (Å²) in [5, 5.41) is 20.5. The fourth-order valence-corrected chi connectivity index (χ4v) is 3.94. The Morgan fingerprint density at radius 3 is 2.69 bits per heavy atom. The molecule has 0 aliphatic carbocycles. The Balaban J connectivity index is 1.78. The molecule has 0 saturated carbocycles. The minimum absolute atomic E-state index is 0.0651. The molecule has 1 aliphatic rings. The van der Waals surface area contributed by atoms with Crippen LogP contribution < -0.4 is 5.32 Å². The van der Waals surface area contributed by atoms with Gasteiger partial charge in [-0.3, -0.25) is 9.48 Å². The van der Waals surface area contributed by atoms with Crippen molar-refractivity contribution < 1.29 is 14.7 Å². The maximum absolute atomic E-state index is 12.2. The Kier molecular flexibility index (Phi) is 4.00. The van der Waals surface area contributed by atoms with E-state index in [1.54, 1.807) is 33.9 Å². The number of thioether (sulfide) groups is 1. The monoisotopic (exact) mass is 369 g/mol. The molecule has 3 heterocycles. The van der Waals surface area contributed by atoms with Crippen LogP contribution in [-0.4, -0.2) is 42.3 Å². The molecule has 8 nitrogen and oxygen atoms in total. The van der Waals surface area contributed by atoms with E-state index in [1.165, 1.54) is 23.9 Å². The van der Waals surface area contributed by atoms with Crippen LogP contribution in [-0.2, 0) is 11.8 Å². The number of aromatic nitrogens is 4. The third kappa shape index (κ3) is 2.86.